The lowest BCUT2D eigenvalue weighted by Gasteiger charge is -2.20. The molecule has 1 rings (SSSR count). The van der Waals surface area contributed by atoms with E-state index in [4.69, 9.17) is 0 Å². The second-order valence-electron chi connectivity index (χ2n) is 4.79. The van der Waals surface area contributed by atoms with Crippen LogP contribution < -0.4 is 16.0 Å². The fourth-order valence-electron chi connectivity index (χ4n) is 1.32. The van der Waals surface area contributed by atoms with Gasteiger partial charge in [0.2, 0.25) is 11.8 Å². The van der Waals surface area contributed by atoms with Crippen LogP contribution in [-0.4, -0.2) is 41.6 Å². The van der Waals surface area contributed by atoms with Gasteiger partial charge in [-0.2, -0.15) is 0 Å². The summed E-state index contributed by atoms with van der Waals surface area (Å²) in [7, 11) is 0. The van der Waals surface area contributed by atoms with Gasteiger partial charge in [-0.15, -0.1) is 11.8 Å². The number of hydrogen-bond donors (Lipinski definition) is 3. The van der Waals surface area contributed by atoms with Crippen LogP contribution in [0.15, 0.2) is 0 Å². The SMILES string of the molecule is CC(C)(C)NC(=O)CNC(=O)C1CSCN1. The molecule has 1 aliphatic rings. The molecule has 0 radical (unpaired) electrons. The van der Waals surface area contributed by atoms with Gasteiger partial charge in [-0.1, -0.05) is 0 Å². The predicted octanol–water partition coefficient (Wildman–Crippen LogP) is -0.320. The van der Waals surface area contributed by atoms with Gasteiger partial charge in [0.05, 0.1) is 12.6 Å². The third-order valence-electron chi connectivity index (χ3n) is 1.97. The summed E-state index contributed by atoms with van der Waals surface area (Å²) in [6.45, 7) is 5.75. The highest BCUT2D eigenvalue weighted by molar-refractivity contribution is 7.99. The largest absolute Gasteiger partial charge is 0.350 e. The third-order valence-corrected chi connectivity index (χ3v) is 2.91. The lowest BCUT2D eigenvalue weighted by Crippen LogP contribution is -2.49. The zero-order valence-corrected chi connectivity index (χ0v) is 10.7. The van der Waals surface area contributed by atoms with Crippen LogP contribution in [0.25, 0.3) is 0 Å². The monoisotopic (exact) mass is 245 g/mol. The van der Waals surface area contributed by atoms with Crippen molar-refractivity contribution in [1.82, 2.24) is 16.0 Å². The molecular formula is C10H19N3O2S. The Hall–Kier alpha value is -0.750. The van der Waals surface area contributed by atoms with E-state index in [1.807, 2.05) is 20.8 Å². The van der Waals surface area contributed by atoms with Crippen molar-refractivity contribution in [1.29, 1.82) is 0 Å². The second-order valence-corrected chi connectivity index (χ2v) is 5.82. The Morgan fingerprint density at radius 2 is 2.12 bits per heavy atom. The zero-order valence-electron chi connectivity index (χ0n) is 9.92. The van der Waals surface area contributed by atoms with E-state index in [-0.39, 0.29) is 29.9 Å². The molecule has 1 heterocycles. The van der Waals surface area contributed by atoms with E-state index in [1.54, 1.807) is 11.8 Å². The fourth-order valence-corrected chi connectivity index (χ4v) is 2.26. The van der Waals surface area contributed by atoms with Crippen molar-refractivity contribution in [2.24, 2.45) is 0 Å². The Kier molecular flexibility index (Phi) is 4.61. The number of rotatable bonds is 3. The lowest BCUT2D eigenvalue weighted by atomic mass is 10.1. The summed E-state index contributed by atoms with van der Waals surface area (Å²) in [5.41, 5.74) is -0.261. The summed E-state index contributed by atoms with van der Waals surface area (Å²) in [5.74, 6) is 1.31. The first kappa shape index (κ1) is 13.3. The topological polar surface area (TPSA) is 70.2 Å². The summed E-state index contributed by atoms with van der Waals surface area (Å²) >= 11 is 1.68. The molecule has 0 aromatic rings. The van der Waals surface area contributed by atoms with Crippen molar-refractivity contribution in [3.63, 3.8) is 0 Å². The molecule has 1 aliphatic heterocycles. The third kappa shape index (κ3) is 4.85. The molecule has 1 saturated heterocycles. The Bertz CT molecular complexity index is 270. The molecule has 0 aromatic heterocycles. The highest BCUT2D eigenvalue weighted by Crippen LogP contribution is 2.08. The van der Waals surface area contributed by atoms with E-state index < -0.39 is 0 Å². The number of amides is 2. The molecule has 0 aliphatic carbocycles. The molecule has 1 fully saturated rings. The molecule has 92 valence electrons. The quantitative estimate of drug-likeness (QED) is 0.637. The van der Waals surface area contributed by atoms with Crippen LogP contribution in [0.1, 0.15) is 20.8 Å². The van der Waals surface area contributed by atoms with Crippen LogP contribution in [0, 0.1) is 0 Å². The van der Waals surface area contributed by atoms with E-state index in [1.165, 1.54) is 0 Å². The fraction of sp³-hybridized carbons (Fsp3) is 0.800. The summed E-state index contributed by atoms with van der Waals surface area (Å²) in [4.78, 5) is 23.0. The van der Waals surface area contributed by atoms with Gasteiger partial charge < -0.3 is 10.6 Å². The van der Waals surface area contributed by atoms with Gasteiger partial charge in [-0.25, -0.2) is 0 Å². The highest BCUT2D eigenvalue weighted by atomic mass is 32.2. The number of carbonyl (C=O) groups is 2. The maximum Gasteiger partial charge on any atom is 0.239 e. The number of carbonyl (C=O) groups excluding carboxylic acids is 2. The molecule has 16 heavy (non-hydrogen) atoms. The average molecular weight is 245 g/mol. The standard InChI is InChI=1S/C10H19N3O2S/c1-10(2,3)13-8(14)4-11-9(15)7-5-16-6-12-7/h7,12H,4-6H2,1-3H3,(H,11,15)(H,13,14). The van der Waals surface area contributed by atoms with Gasteiger partial charge >= 0.3 is 0 Å². The van der Waals surface area contributed by atoms with Crippen molar-refractivity contribution in [3.8, 4) is 0 Å². The maximum atomic E-state index is 11.5. The average Bonchev–Trinajstić information content (AvgIpc) is 2.64. The van der Waals surface area contributed by atoms with Crippen LogP contribution in [0.3, 0.4) is 0 Å². The van der Waals surface area contributed by atoms with Gasteiger partial charge in [0, 0.05) is 17.2 Å². The molecule has 1 unspecified atom stereocenters. The van der Waals surface area contributed by atoms with E-state index in [2.05, 4.69) is 16.0 Å². The first-order chi connectivity index (χ1) is 7.38. The van der Waals surface area contributed by atoms with Gasteiger partial charge in [-0.05, 0) is 20.8 Å². The number of nitrogens with one attached hydrogen (secondary N) is 3. The zero-order chi connectivity index (χ0) is 12.2. The van der Waals surface area contributed by atoms with E-state index >= 15 is 0 Å². The summed E-state index contributed by atoms with van der Waals surface area (Å²) in [5, 5.41) is 8.45. The van der Waals surface area contributed by atoms with E-state index in [0.29, 0.717) is 0 Å². The molecule has 1 atom stereocenters. The molecule has 2 amide bonds. The van der Waals surface area contributed by atoms with Crippen LogP contribution in [0.4, 0.5) is 0 Å². The predicted molar refractivity (Wildman–Crippen MR) is 65.2 cm³/mol. The second kappa shape index (κ2) is 5.54. The summed E-state index contributed by atoms with van der Waals surface area (Å²) < 4.78 is 0. The van der Waals surface area contributed by atoms with Crippen molar-refractivity contribution in [2.75, 3.05) is 18.2 Å². The molecule has 3 N–H and O–H groups in total. The molecule has 0 aromatic carbocycles. The number of hydrogen-bond acceptors (Lipinski definition) is 4. The molecule has 0 bridgehead atoms. The Balaban J connectivity index is 2.23. The molecule has 6 heteroatoms. The van der Waals surface area contributed by atoms with Crippen LogP contribution in [-0.2, 0) is 9.59 Å². The molecule has 0 spiro atoms. The Morgan fingerprint density at radius 1 is 1.44 bits per heavy atom. The minimum atomic E-state index is -0.261. The Labute approximate surface area is 100 Å². The van der Waals surface area contributed by atoms with Crippen molar-refractivity contribution >= 4 is 23.6 Å². The lowest BCUT2D eigenvalue weighted by molar-refractivity contribution is -0.127. The van der Waals surface area contributed by atoms with Crippen LogP contribution in [0.5, 0.6) is 0 Å². The Morgan fingerprint density at radius 3 is 2.62 bits per heavy atom. The van der Waals surface area contributed by atoms with E-state index in [9.17, 15) is 9.59 Å². The number of thioether (sulfide) groups is 1. The molecular weight excluding hydrogens is 226 g/mol. The van der Waals surface area contributed by atoms with Gasteiger partial charge in [0.25, 0.3) is 0 Å². The van der Waals surface area contributed by atoms with Gasteiger partial charge in [0.15, 0.2) is 0 Å². The van der Waals surface area contributed by atoms with E-state index in [0.717, 1.165) is 11.6 Å². The summed E-state index contributed by atoms with van der Waals surface area (Å²) in [6.07, 6.45) is 0. The van der Waals surface area contributed by atoms with Gasteiger partial charge in [0.1, 0.15) is 0 Å². The van der Waals surface area contributed by atoms with Crippen LogP contribution >= 0.6 is 11.8 Å². The summed E-state index contributed by atoms with van der Waals surface area (Å²) in [6, 6.07) is -0.160. The first-order valence-electron chi connectivity index (χ1n) is 5.28. The van der Waals surface area contributed by atoms with Gasteiger partial charge in [-0.3, -0.25) is 14.9 Å². The van der Waals surface area contributed by atoms with Crippen molar-refractivity contribution < 1.29 is 9.59 Å². The maximum absolute atomic E-state index is 11.5. The minimum absolute atomic E-state index is 0.0406. The molecule has 5 nitrogen and oxygen atoms in total. The van der Waals surface area contributed by atoms with Crippen molar-refractivity contribution in [2.45, 2.75) is 32.4 Å². The van der Waals surface area contributed by atoms with Crippen molar-refractivity contribution in [3.05, 3.63) is 0 Å². The minimum Gasteiger partial charge on any atom is -0.350 e. The highest BCUT2D eigenvalue weighted by Gasteiger charge is 2.23. The normalized spacial score (nSPS) is 20.6. The first-order valence-corrected chi connectivity index (χ1v) is 6.44. The smallest absolute Gasteiger partial charge is 0.239 e. The molecule has 0 saturated carbocycles. The van der Waals surface area contributed by atoms with Crippen LogP contribution in [0.2, 0.25) is 0 Å².